The second-order valence-corrected chi connectivity index (χ2v) is 4.96. The molecule has 18 heavy (non-hydrogen) atoms. The molecule has 0 aliphatic rings. The summed E-state index contributed by atoms with van der Waals surface area (Å²) in [6, 6.07) is 7.08. The first-order chi connectivity index (χ1) is 8.42. The second-order valence-electron chi connectivity index (χ2n) is 4.96. The lowest BCUT2D eigenvalue weighted by atomic mass is 9.88. The number of methoxy groups -OCH3 is 1. The molecule has 0 aliphatic carbocycles. The van der Waals surface area contributed by atoms with E-state index in [-0.39, 0.29) is 11.8 Å². The van der Waals surface area contributed by atoms with Gasteiger partial charge in [0.05, 0.1) is 12.6 Å². The minimum Gasteiger partial charge on any atom is -0.497 e. The summed E-state index contributed by atoms with van der Waals surface area (Å²) in [5.74, 6) is 0.800. The van der Waals surface area contributed by atoms with Gasteiger partial charge in [0, 0.05) is 12.1 Å². The maximum Gasteiger partial charge on any atom is 0.251 e. The number of ether oxygens (including phenoxy) is 1. The number of hydrogen-bond donors (Lipinski definition) is 2. The van der Waals surface area contributed by atoms with Crippen molar-refractivity contribution in [1.29, 1.82) is 0 Å². The first-order valence-corrected chi connectivity index (χ1v) is 6.09. The molecule has 1 rings (SSSR count). The Morgan fingerprint density at radius 3 is 2.67 bits per heavy atom. The maximum absolute atomic E-state index is 12.2. The van der Waals surface area contributed by atoms with Gasteiger partial charge >= 0.3 is 0 Å². The van der Waals surface area contributed by atoms with E-state index in [1.165, 1.54) is 0 Å². The summed E-state index contributed by atoms with van der Waals surface area (Å²) in [5, 5.41) is 2.99. The molecule has 1 atom stereocenters. The lowest BCUT2D eigenvalue weighted by Gasteiger charge is -2.33. The third-order valence-electron chi connectivity index (χ3n) is 3.43. The number of nitrogens with two attached hydrogens (primary N) is 1. The van der Waals surface area contributed by atoms with Crippen molar-refractivity contribution >= 4 is 5.91 Å². The molecule has 0 saturated carbocycles. The van der Waals surface area contributed by atoms with Gasteiger partial charge in [-0.25, -0.2) is 0 Å². The maximum atomic E-state index is 12.2. The average Bonchev–Trinajstić information content (AvgIpc) is 2.38. The van der Waals surface area contributed by atoms with Gasteiger partial charge in [0.1, 0.15) is 5.75 Å². The molecule has 1 unspecified atom stereocenters. The Hall–Kier alpha value is -1.55. The zero-order valence-corrected chi connectivity index (χ0v) is 11.5. The number of carbonyl (C=O) groups is 1. The summed E-state index contributed by atoms with van der Waals surface area (Å²) in [6.45, 7) is 6.44. The van der Waals surface area contributed by atoms with Crippen molar-refractivity contribution in [2.75, 3.05) is 13.7 Å². The van der Waals surface area contributed by atoms with Gasteiger partial charge in [-0.2, -0.15) is 0 Å². The molecule has 0 fully saturated rings. The molecule has 3 N–H and O–H groups in total. The van der Waals surface area contributed by atoms with Crippen LogP contribution in [0.5, 0.6) is 5.75 Å². The number of benzene rings is 1. The molecular formula is C14H22N2O2. The van der Waals surface area contributed by atoms with Crippen molar-refractivity contribution in [2.24, 2.45) is 11.7 Å². The molecule has 0 heterocycles. The Morgan fingerprint density at radius 2 is 2.17 bits per heavy atom. The Balaban J connectivity index is 2.87. The molecule has 0 aromatic heterocycles. The molecular weight excluding hydrogens is 228 g/mol. The highest BCUT2D eigenvalue weighted by Crippen LogP contribution is 2.17. The molecule has 0 bridgehead atoms. The molecule has 0 saturated heterocycles. The highest BCUT2D eigenvalue weighted by molar-refractivity contribution is 5.95. The molecule has 0 aliphatic heterocycles. The minimum absolute atomic E-state index is 0.129. The van der Waals surface area contributed by atoms with Gasteiger partial charge < -0.3 is 15.8 Å². The van der Waals surface area contributed by atoms with Crippen LogP contribution in [0.4, 0.5) is 0 Å². The largest absolute Gasteiger partial charge is 0.497 e. The molecule has 1 aromatic carbocycles. The smallest absolute Gasteiger partial charge is 0.251 e. The Labute approximate surface area is 109 Å². The quantitative estimate of drug-likeness (QED) is 0.837. The molecule has 4 heteroatoms. The Kier molecular flexibility index (Phi) is 4.73. The van der Waals surface area contributed by atoms with Crippen LogP contribution in [-0.2, 0) is 0 Å². The number of amides is 1. The zero-order valence-electron chi connectivity index (χ0n) is 11.5. The van der Waals surface area contributed by atoms with E-state index in [1.54, 1.807) is 31.4 Å². The lowest BCUT2D eigenvalue weighted by molar-refractivity contribution is 0.0883. The van der Waals surface area contributed by atoms with Gasteiger partial charge in [-0.05, 0) is 31.0 Å². The van der Waals surface area contributed by atoms with E-state index >= 15 is 0 Å². The first-order valence-electron chi connectivity index (χ1n) is 6.09. The minimum atomic E-state index is -0.403. The van der Waals surface area contributed by atoms with Crippen LogP contribution in [0.25, 0.3) is 0 Å². The summed E-state index contributed by atoms with van der Waals surface area (Å²) in [6.07, 6.45) is 0. The summed E-state index contributed by atoms with van der Waals surface area (Å²) in [4.78, 5) is 12.2. The molecule has 100 valence electrons. The van der Waals surface area contributed by atoms with Crippen LogP contribution in [0.3, 0.4) is 0 Å². The number of hydrogen-bond acceptors (Lipinski definition) is 3. The van der Waals surface area contributed by atoms with Crippen LogP contribution in [0.2, 0.25) is 0 Å². The SMILES string of the molecule is COc1cccc(C(=O)NC(C)(CN)C(C)C)c1. The van der Waals surface area contributed by atoms with E-state index < -0.39 is 5.54 Å². The van der Waals surface area contributed by atoms with Gasteiger partial charge in [-0.15, -0.1) is 0 Å². The van der Waals surface area contributed by atoms with Crippen LogP contribution >= 0.6 is 0 Å². The normalized spacial score (nSPS) is 14.1. The summed E-state index contributed by atoms with van der Waals surface area (Å²) >= 11 is 0. The molecule has 4 nitrogen and oxygen atoms in total. The van der Waals surface area contributed by atoms with Crippen molar-refractivity contribution in [1.82, 2.24) is 5.32 Å². The van der Waals surface area contributed by atoms with E-state index in [0.717, 1.165) is 0 Å². The third-order valence-corrected chi connectivity index (χ3v) is 3.43. The first kappa shape index (κ1) is 14.5. The lowest BCUT2D eigenvalue weighted by Crippen LogP contribution is -2.55. The number of carbonyl (C=O) groups excluding carboxylic acids is 1. The fraction of sp³-hybridized carbons (Fsp3) is 0.500. The van der Waals surface area contributed by atoms with E-state index in [9.17, 15) is 4.79 Å². The Bertz CT molecular complexity index is 418. The summed E-state index contributed by atoms with van der Waals surface area (Å²) < 4.78 is 5.10. The Morgan fingerprint density at radius 1 is 1.50 bits per heavy atom. The molecule has 0 radical (unpaired) electrons. The summed E-state index contributed by atoms with van der Waals surface area (Å²) in [5.41, 5.74) is 5.93. The monoisotopic (exact) mass is 250 g/mol. The number of nitrogens with one attached hydrogen (secondary N) is 1. The van der Waals surface area contributed by atoms with Crippen molar-refractivity contribution in [3.05, 3.63) is 29.8 Å². The predicted molar refractivity (Wildman–Crippen MR) is 72.8 cm³/mol. The van der Waals surface area contributed by atoms with E-state index in [0.29, 0.717) is 17.9 Å². The fourth-order valence-corrected chi connectivity index (χ4v) is 1.53. The standard InChI is InChI=1S/C14H22N2O2/c1-10(2)14(3,9-15)16-13(17)11-6-5-7-12(8-11)18-4/h5-8,10H,9,15H2,1-4H3,(H,16,17). The molecule has 1 aromatic rings. The van der Waals surface area contributed by atoms with E-state index in [1.807, 2.05) is 20.8 Å². The van der Waals surface area contributed by atoms with Gasteiger partial charge in [0.25, 0.3) is 5.91 Å². The highest BCUT2D eigenvalue weighted by Gasteiger charge is 2.28. The fourth-order valence-electron chi connectivity index (χ4n) is 1.53. The van der Waals surface area contributed by atoms with Crippen LogP contribution in [0, 0.1) is 5.92 Å². The van der Waals surface area contributed by atoms with Gasteiger partial charge in [-0.3, -0.25) is 4.79 Å². The van der Waals surface area contributed by atoms with Gasteiger partial charge in [0.15, 0.2) is 0 Å². The van der Waals surface area contributed by atoms with Crippen LogP contribution in [0.1, 0.15) is 31.1 Å². The van der Waals surface area contributed by atoms with E-state index in [4.69, 9.17) is 10.5 Å². The zero-order chi connectivity index (χ0) is 13.8. The van der Waals surface area contributed by atoms with Crippen molar-refractivity contribution in [3.8, 4) is 5.75 Å². The topological polar surface area (TPSA) is 64.3 Å². The van der Waals surface area contributed by atoms with Crippen molar-refractivity contribution in [2.45, 2.75) is 26.3 Å². The van der Waals surface area contributed by atoms with Gasteiger partial charge in [-0.1, -0.05) is 19.9 Å². The average molecular weight is 250 g/mol. The molecule has 1 amide bonds. The van der Waals surface area contributed by atoms with E-state index in [2.05, 4.69) is 5.32 Å². The van der Waals surface area contributed by atoms with Crippen LogP contribution in [0.15, 0.2) is 24.3 Å². The van der Waals surface area contributed by atoms with Crippen molar-refractivity contribution in [3.63, 3.8) is 0 Å². The van der Waals surface area contributed by atoms with Gasteiger partial charge in [0.2, 0.25) is 0 Å². The third kappa shape index (κ3) is 3.23. The second kappa shape index (κ2) is 5.87. The predicted octanol–water partition coefficient (Wildman–Crippen LogP) is 1.80. The van der Waals surface area contributed by atoms with Crippen molar-refractivity contribution < 1.29 is 9.53 Å². The summed E-state index contributed by atoms with van der Waals surface area (Å²) in [7, 11) is 1.58. The van der Waals surface area contributed by atoms with Crippen LogP contribution in [-0.4, -0.2) is 25.1 Å². The molecule has 0 spiro atoms. The number of rotatable bonds is 5. The van der Waals surface area contributed by atoms with Crippen LogP contribution < -0.4 is 15.8 Å². The highest BCUT2D eigenvalue weighted by atomic mass is 16.5.